The number of benzene rings is 1. The molecule has 1 aliphatic rings. The summed E-state index contributed by atoms with van der Waals surface area (Å²) in [6, 6.07) is 11.0. The number of pyridine rings is 1. The molecular weight excluding hydrogens is 478 g/mol. The van der Waals surface area contributed by atoms with Crippen molar-refractivity contribution in [2.24, 2.45) is 0 Å². The normalized spacial score (nSPS) is 17.3. The fourth-order valence-electron chi connectivity index (χ4n) is 4.25. The minimum Gasteiger partial charge on any atom is -0.390 e. The summed E-state index contributed by atoms with van der Waals surface area (Å²) < 4.78 is 1.91. The van der Waals surface area contributed by atoms with Crippen LogP contribution < -0.4 is 10.6 Å². The summed E-state index contributed by atoms with van der Waals surface area (Å²) in [6.07, 6.45) is 5.83. The van der Waals surface area contributed by atoms with E-state index in [9.17, 15) is 14.7 Å². The zero-order valence-electron chi connectivity index (χ0n) is 19.4. The highest BCUT2D eigenvalue weighted by molar-refractivity contribution is 7.18. The van der Waals surface area contributed by atoms with Crippen molar-refractivity contribution in [2.75, 3.05) is 18.4 Å². The summed E-state index contributed by atoms with van der Waals surface area (Å²) in [7, 11) is 0. The molecule has 3 aromatic heterocycles. The van der Waals surface area contributed by atoms with Gasteiger partial charge in [-0.2, -0.15) is 0 Å². The summed E-state index contributed by atoms with van der Waals surface area (Å²) >= 11 is 1.54. The molecule has 0 saturated carbocycles. The molecule has 1 fully saturated rings. The molecule has 184 valence electrons. The molecule has 4 heterocycles. The highest BCUT2D eigenvalue weighted by Gasteiger charge is 2.39. The molecule has 1 aliphatic heterocycles. The Labute approximate surface area is 211 Å². The third kappa shape index (κ3) is 4.83. The van der Waals surface area contributed by atoms with Gasteiger partial charge in [0.15, 0.2) is 5.13 Å². The van der Waals surface area contributed by atoms with Crippen LogP contribution in [0.25, 0.3) is 21.5 Å². The van der Waals surface area contributed by atoms with E-state index in [4.69, 9.17) is 0 Å². The van der Waals surface area contributed by atoms with Crippen molar-refractivity contribution < 1.29 is 14.7 Å². The van der Waals surface area contributed by atoms with E-state index in [1.54, 1.807) is 12.5 Å². The highest BCUT2D eigenvalue weighted by Crippen LogP contribution is 2.30. The highest BCUT2D eigenvalue weighted by atomic mass is 32.1. The number of aliphatic hydroxyl groups is 1. The predicted molar refractivity (Wildman–Crippen MR) is 138 cm³/mol. The number of carbonyl (C=O) groups excluding carboxylic acids is 2. The third-order valence-electron chi connectivity index (χ3n) is 6.05. The van der Waals surface area contributed by atoms with Crippen molar-refractivity contribution in [1.29, 1.82) is 0 Å². The Balaban J connectivity index is 1.23. The molecule has 1 unspecified atom stereocenters. The van der Waals surface area contributed by atoms with Crippen molar-refractivity contribution in [3.8, 4) is 10.4 Å². The van der Waals surface area contributed by atoms with Gasteiger partial charge in [0.05, 0.1) is 29.0 Å². The van der Waals surface area contributed by atoms with Crippen LogP contribution in [-0.4, -0.2) is 66.6 Å². The lowest BCUT2D eigenvalue weighted by molar-refractivity contribution is -0.137. The summed E-state index contributed by atoms with van der Waals surface area (Å²) in [5.74, 6) is -0.118. The molecular formula is C25H25N7O3S. The van der Waals surface area contributed by atoms with Crippen LogP contribution in [0.1, 0.15) is 6.42 Å². The Kier molecular flexibility index (Phi) is 6.74. The second-order valence-electron chi connectivity index (χ2n) is 8.34. The minimum atomic E-state index is -0.908. The minimum absolute atomic E-state index is 0.307. The standard InChI is InChI=1S/C25H25N7O3S/c1-2-22(34)32-10-8-19(33)23(32)24(35)26-9-11-31-15-29-17-13-27-21(12-18(17)31)30-25-28-14-20(36-25)16-6-4-3-5-7-16/h2-7,12-15,19,23,33H,1,8-11H2,(H,26,35)(H,27,28,30)/t19?,23-/m0/s1. The SMILES string of the molecule is C=CC(=O)N1CCC(O)[C@H]1C(=O)NCCn1cnc2cnc(Nc3ncc(-c4ccccc4)s3)cc21. The first-order valence-corrected chi connectivity index (χ1v) is 12.3. The number of hydrogen-bond donors (Lipinski definition) is 3. The fraction of sp³-hybridized carbons (Fsp3) is 0.240. The number of hydrogen-bond acceptors (Lipinski definition) is 8. The molecule has 0 bridgehead atoms. The van der Waals surface area contributed by atoms with Crippen LogP contribution >= 0.6 is 11.3 Å². The largest absolute Gasteiger partial charge is 0.390 e. The predicted octanol–water partition coefficient (Wildman–Crippen LogP) is 2.56. The van der Waals surface area contributed by atoms with E-state index in [1.165, 1.54) is 16.2 Å². The van der Waals surface area contributed by atoms with Crippen LogP contribution in [0.5, 0.6) is 0 Å². The molecule has 0 radical (unpaired) electrons. The Morgan fingerprint density at radius 3 is 2.83 bits per heavy atom. The van der Waals surface area contributed by atoms with Gasteiger partial charge in [-0.3, -0.25) is 9.59 Å². The van der Waals surface area contributed by atoms with Gasteiger partial charge in [0, 0.05) is 31.9 Å². The van der Waals surface area contributed by atoms with Gasteiger partial charge in [0.2, 0.25) is 11.8 Å². The first kappa shape index (κ1) is 23.6. The number of imidazole rings is 1. The first-order valence-electron chi connectivity index (χ1n) is 11.5. The average Bonchev–Trinajstić information content (AvgIpc) is 3.63. The second-order valence-corrected chi connectivity index (χ2v) is 9.38. The van der Waals surface area contributed by atoms with Crippen LogP contribution in [0, 0.1) is 0 Å². The number of likely N-dealkylation sites (tertiary alicyclic amines) is 1. The van der Waals surface area contributed by atoms with Gasteiger partial charge < -0.3 is 25.2 Å². The number of aromatic nitrogens is 4. The van der Waals surface area contributed by atoms with Crippen LogP contribution in [-0.2, 0) is 16.1 Å². The van der Waals surface area contributed by atoms with Crippen molar-refractivity contribution in [3.63, 3.8) is 0 Å². The Bertz CT molecular complexity index is 1400. The monoisotopic (exact) mass is 503 g/mol. The summed E-state index contributed by atoms with van der Waals surface area (Å²) in [4.78, 5) is 40.4. The van der Waals surface area contributed by atoms with E-state index in [0.29, 0.717) is 31.9 Å². The molecule has 4 aromatic rings. The molecule has 2 atom stereocenters. The number of rotatable bonds is 8. The molecule has 5 rings (SSSR count). The lowest BCUT2D eigenvalue weighted by Crippen LogP contribution is -2.50. The van der Waals surface area contributed by atoms with Crippen molar-refractivity contribution >= 4 is 45.1 Å². The summed E-state index contributed by atoms with van der Waals surface area (Å²) in [5, 5.41) is 17.0. The van der Waals surface area contributed by atoms with Gasteiger partial charge >= 0.3 is 0 Å². The molecule has 11 heteroatoms. The molecule has 1 saturated heterocycles. The third-order valence-corrected chi connectivity index (χ3v) is 7.01. The van der Waals surface area contributed by atoms with Crippen molar-refractivity contribution in [2.45, 2.75) is 25.1 Å². The maximum absolute atomic E-state index is 12.7. The lowest BCUT2D eigenvalue weighted by atomic mass is 10.1. The first-order chi connectivity index (χ1) is 17.5. The van der Waals surface area contributed by atoms with Crippen LogP contribution in [0.2, 0.25) is 0 Å². The molecule has 10 nitrogen and oxygen atoms in total. The van der Waals surface area contributed by atoms with Gasteiger partial charge in [0.25, 0.3) is 0 Å². The van der Waals surface area contributed by atoms with Gasteiger partial charge in [-0.25, -0.2) is 15.0 Å². The number of amides is 2. The Morgan fingerprint density at radius 1 is 1.19 bits per heavy atom. The maximum atomic E-state index is 12.7. The summed E-state index contributed by atoms with van der Waals surface area (Å²) in [6.45, 7) is 4.56. The van der Waals surface area contributed by atoms with Crippen molar-refractivity contribution in [1.82, 2.24) is 29.7 Å². The number of fused-ring (bicyclic) bond motifs is 1. The van der Waals surface area contributed by atoms with Crippen LogP contribution in [0.4, 0.5) is 10.9 Å². The van der Waals surface area contributed by atoms with E-state index in [0.717, 1.165) is 32.7 Å². The zero-order chi connectivity index (χ0) is 25.1. The van der Waals surface area contributed by atoms with E-state index >= 15 is 0 Å². The molecule has 0 aliphatic carbocycles. The number of anilines is 2. The summed E-state index contributed by atoms with van der Waals surface area (Å²) in [5.41, 5.74) is 2.68. The fourth-order valence-corrected chi connectivity index (χ4v) is 5.07. The number of aliphatic hydroxyl groups excluding tert-OH is 1. The topological polar surface area (TPSA) is 125 Å². The number of nitrogens with one attached hydrogen (secondary N) is 2. The zero-order valence-corrected chi connectivity index (χ0v) is 20.2. The quantitative estimate of drug-likeness (QED) is 0.316. The molecule has 3 N–H and O–H groups in total. The maximum Gasteiger partial charge on any atom is 0.246 e. The number of carbonyl (C=O) groups is 2. The number of thiazole rings is 1. The molecule has 36 heavy (non-hydrogen) atoms. The smallest absolute Gasteiger partial charge is 0.246 e. The van der Waals surface area contributed by atoms with E-state index in [-0.39, 0.29) is 11.8 Å². The Morgan fingerprint density at radius 2 is 2.03 bits per heavy atom. The molecule has 0 spiro atoms. The van der Waals surface area contributed by atoms with Gasteiger partial charge in [0.1, 0.15) is 17.4 Å². The number of nitrogens with zero attached hydrogens (tertiary/aromatic N) is 5. The second kappa shape index (κ2) is 10.3. The van der Waals surface area contributed by atoms with Gasteiger partial charge in [-0.15, -0.1) is 0 Å². The van der Waals surface area contributed by atoms with Crippen LogP contribution in [0.15, 0.2) is 67.8 Å². The average molecular weight is 504 g/mol. The van der Waals surface area contributed by atoms with Gasteiger partial charge in [-0.1, -0.05) is 48.2 Å². The van der Waals surface area contributed by atoms with Crippen LogP contribution in [0.3, 0.4) is 0 Å². The van der Waals surface area contributed by atoms with E-state index in [2.05, 4.69) is 32.2 Å². The van der Waals surface area contributed by atoms with E-state index in [1.807, 2.05) is 47.2 Å². The lowest BCUT2D eigenvalue weighted by Gasteiger charge is -2.24. The Hall–Kier alpha value is -4.09. The molecule has 2 amide bonds. The van der Waals surface area contributed by atoms with Gasteiger partial charge in [-0.05, 0) is 18.1 Å². The van der Waals surface area contributed by atoms with Crippen molar-refractivity contribution in [3.05, 3.63) is 67.8 Å². The van der Waals surface area contributed by atoms with E-state index < -0.39 is 12.1 Å². The molecule has 1 aromatic carbocycles.